The summed E-state index contributed by atoms with van der Waals surface area (Å²) < 4.78 is 36.0. The molecule has 1 atom stereocenters. The molecule has 1 aromatic rings. The third kappa shape index (κ3) is 3.59. The molecule has 0 aliphatic rings. The summed E-state index contributed by atoms with van der Waals surface area (Å²) in [6.07, 6.45) is -6.04. The summed E-state index contributed by atoms with van der Waals surface area (Å²) in [6.45, 7) is 0.602. The maximum absolute atomic E-state index is 12.0. The Kier molecular flexibility index (Phi) is 4.12. The first-order chi connectivity index (χ1) is 8.21. The number of hydrogen-bond acceptors (Lipinski definition) is 4. The molecule has 0 radical (unpaired) electrons. The van der Waals surface area contributed by atoms with Crippen LogP contribution in [0, 0.1) is 6.92 Å². The van der Waals surface area contributed by atoms with E-state index in [0.717, 1.165) is 0 Å². The van der Waals surface area contributed by atoms with Gasteiger partial charge in [-0.15, -0.1) is 0 Å². The van der Waals surface area contributed by atoms with E-state index in [-0.39, 0.29) is 11.3 Å². The molecule has 1 rings (SSSR count). The number of carbonyl (C=O) groups excluding carboxylic acids is 1. The van der Waals surface area contributed by atoms with Gasteiger partial charge in [-0.3, -0.25) is 9.78 Å². The number of aryl methyl sites for hydroxylation is 1. The molecule has 0 bridgehead atoms. The molecule has 5 nitrogen and oxygen atoms in total. The lowest BCUT2D eigenvalue weighted by Crippen LogP contribution is -2.40. The number of nitrogen functional groups attached to an aromatic ring is 1. The van der Waals surface area contributed by atoms with E-state index in [1.54, 1.807) is 0 Å². The van der Waals surface area contributed by atoms with Crippen LogP contribution >= 0.6 is 0 Å². The predicted octanol–water partition coefficient (Wildman–Crippen LogP) is 0.625. The maximum Gasteiger partial charge on any atom is 0.416 e. The fourth-order valence-electron chi connectivity index (χ4n) is 1.18. The molecule has 1 heterocycles. The van der Waals surface area contributed by atoms with E-state index in [0.29, 0.717) is 5.69 Å². The van der Waals surface area contributed by atoms with Crippen LogP contribution in [0.1, 0.15) is 16.1 Å². The lowest BCUT2D eigenvalue weighted by molar-refractivity contribution is -0.201. The fourth-order valence-corrected chi connectivity index (χ4v) is 1.18. The first-order valence-electron chi connectivity index (χ1n) is 4.97. The highest BCUT2D eigenvalue weighted by atomic mass is 19.4. The number of pyridine rings is 1. The highest BCUT2D eigenvalue weighted by Crippen LogP contribution is 2.19. The second-order valence-electron chi connectivity index (χ2n) is 3.67. The molecule has 8 heteroatoms. The molecule has 100 valence electrons. The maximum atomic E-state index is 12.0. The Morgan fingerprint density at radius 1 is 1.61 bits per heavy atom. The lowest BCUT2D eigenvalue weighted by Gasteiger charge is -2.15. The normalized spacial score (nSPS) is 13.2. The Bertz CT molecular complexity index is 448. The first-order valence-corrected chi connectivity index (χ1v) is 4.97. The third-order valence-corrected chi connectivity index (χ3v) is 2.19. The second-order valence-corrected chi connectivity index (χ2v) is 3.67. The minimum Gasteiger partial charge on any atom is -0.397 e. The van der Waals surface area contributed by atoms with Crippen molar-refractivity contribution in [3.8, 4) is 0 Å². The van der Waals surface area contributed by atoms with E-state index in [2.05, 4.69) is 4.98 Å². The zero-order chi connectivity index (χ0) is 13.9. The van der Waals surface area contributed by atoms with E-state index < -0.39 is 24.7 Å². The summed E-state index contributed by atoms with van der Waals surface area (Å²) in [5.74, 6) is -0.768. The number of rotatable bonds is 3. The van der Waals surface area contributed by atoms with Gasteiger partial charge in [0.2, 0.25) is 0 Å². The van der Waals surface area contributed by atoms with E-state index in [1.807, 2.05) is 5.32 Å². The average molecular weight is 263 g/mol. The van der Waals surface area contributed by atoms with E-state index in [4.69, 9.17) is 10.8 Å². The van der Waals surface area contributed by atoms with Crippen LogP contribution in [0.15, 0.2) is 12.3 Å². The largest absolute Gasteiger partial charge is 0.416 e. The SMILES string of the molecule is Cc1ncc(N)cc1C(=O)NCC(O)C(F)(F)F. The van der Waals surface area contributed by atoms with E-state index in [9.17, 15) is 18.0 Å². The minimum atomic E-state index is -4.77. The Balaban J connectivity index is 2.69. The van der Waals surface area contributed by atoms with Gasteiger partial charge in [-0.25, -0.2) is 0 Å². The number of anilines is 1. The number of nitrogens with one attached hydrogen (secondary N) is 1. The number of amides is 1. The summed E-state index contributed by atoms with van der Waals surface area (Å²) >= 11 is 0. The van der Waals surface area contributed by atoms with Gasteiger partial charge >= 0.3 is 6.18 Å². The monoisotopic (exact) mass is 263 g/mol. The van der Waals surface area contributed by atoms with Crippen molar-refractivity contribution in [2.45, 2.75) is 19.2 Å². The van der Waals surface area contributed by atoms with Gasteiger partial charge in [0.1, 0.15) is 0 Å². The van der Waals surface area contributed by atoms with E-state index >= 15 is 0 Å². The molecule has 1 amide bonds. The molecular formula is C10H12F3N3O2. The van der Waals surface area contributed by atoms with Crippen LogP contribution in [0.4, 0.5) is 18.9 Å². The average Bonchev–Trinajstić information content (AvgIpc) is 2.27. The van der Waals surface area contributed by atoms with Gasteiger partial charge in [0.05, 0.1) is 29.7 Å². The van der Waals surface area contributed by atoms with Crippen LogP contribution in [0.5, 0.6) is 0 Å². The van der Waals surface area contributed by atoms with Crippen molar-refractivity contribution in [2.75, 3.05) is 12.3 Å². The van der Waals surface area contributed by atoms with Gasteiger partial charge in [-0.2, -0.15) is 13.2 Å². The molecule has 0 saturated carbocycles. The second kappa shape index (κ2) is 5.21. The van der Waals surface area contributed by atoms with Gasteiger partial charge in [0, 0.05) is 0 Å². The van der Waals surface area contributed by atoms with E-state index in [1.165, 1.54) is 19.2 Å². The van der Waals surface area contributed by atoms with Crippen molar-refractivity contribution < 1.29 is 23.1 Å². The lowest BCUT2D eigenvalue weighted by atomic mass is 10.2. The van der Waals surface area contributed by atoms with Crippen molar-refractivity contribution in [3.63, 3.8) is 0 Å². The molecule has 0 spiro atoms. The summed E-state index contributed by atoms with van der Waals surface area (Å²) in [7, 11) is 0. The molecule has 0 aliphatic heterocycles. The Morgan fingerprint density at radius 2 is 2.22 bits per heavy atom. The number of carbonyl (C=O) groups is 1. The summed E-state index contributed by atoms with van der Waals surface area (Å²) in [6, 6.07) is 1.30. The predicted molar refractivity (Wildman–Crippen MR) is 57.8 cm³/mol. The zero-order valence-electron chi connectivity index (χ0n) is 9.45. The third-order valence-electron chi connectivity index (χ3n) is 2.19. The van der Waals surface area contributed by atoms with Gasteiger partial charge in [-0.05, 0) is 13.0 Å². The van der Waals surface area contributed by atoms with Crippen LogP contribution in [0.2, 0.25) is 0 Å². The van der Waals surface area contributed by atoms with Crippen molar-refractivity contribution >= 4 is 11.6 Å². The molecule has 1 unspecified atom stereocenters. The number of nitrogens with zero attached hydrogens (tertiary/aromatic N) is 1. The number of aliphatic hydroxyl groups excluding tert-OH is 1. The molecule has 18 heavy (non-hydrogen) atoms. The molecule has 1 aromatic heterocycles. The quantitative estimate of drug-likeness (QED) is 0.746. The Hall–Kier alpha value is -1.83. The number of halogens is 3. The van der Waals surface area contributed by atoms with Crippen molar-refractivity contribution in [1.29, 1.82) is 0 Å². The molecule has 0 fully saturated rings. The summed E-state index contributed by atoms with van der Waals surface area (Å²) in [5.41, 5.74) is 6.05. The molecule has 0 saturated heterocycles. The standard InChI is InChI=1S/C10H12F3N3O2/c1-5-7(2-6(14)3-15-5)9(18)16-4-8(17)10(11,12)13/h2-3,8,17H,4,14H2,1H3,(H,16,18). The van der Waals surface area contributed by atoms with Crippen LogP contribution in [0.25, 0.3) is 0 Å². The van der Waals surface area contributed by atoms with Crippen molar-refractivity contribution in [3.05, 3.63) is 23.5 Å². The van der Waals surface area contributed by atoms with Gasteiger partial charge in [-0.1, -0.05) is 0 Å². The highest BCUT2D eigenvalue weighted by Gasteiger charge is 2.38. The topological polar surface area (TPSA) is 88.2 Å². The number of aliphatic hydroxyl groups is 1. The van der Waals surface area contributed by atoms with Crippen LogP contribution in [-0.4, -0.2) is 34.8 Å². The van der Waals surface area contributed by atoms with Gasteiger partial charge < -0.3 is 16.2 Å². The molecule has 0 aromatic carbocycles. The van der Waals surface area contributed by atoms with Gasteiger partial charge in [0.15, 0.2) is 6.10 Å². The first kappa shape index (κ1) is 14.2. The fraction of sp³-hybridized carbons (Fsp3) is 0.400. The molecule has 0 aliphatic carbocycles. The Morgan fingerprint density at radius 3 is 2.78 bits per heavy atom. The number of nitrogens with two attached hydrogens (primary N) is 1. The number of aromatic nitrogens is 1. The highest BCUT2D eigenvalue weighted by molar-refractivity contribution is 5.95. The zero-order valence-corrected chi connectivity index (χ0v) is 9.45. The van der Waals surface area contributed by atoms with Crippen LogP contribution < -0.4 is 11.1 Å². The van der Waals surface area contributed by atoms with Gasteiger partial charge in [0.25, 0.3) is 5.91 Å². The van der Waals surface area contributed by atoms with Crippen LogP contribution in [0.3, 0.4) is 0 Å². The summed E-state index contributed by atoms with van der Waals surface area (Å²) in [4.78, 5) is 15.4. The summed E-state index contributed by atoms with van der Waals surface area (Å²) in [5, 5.41) is 10.7. The number of hydrogen-bond donors (Lipinski definition) is 3. The Labute approximate surface area is 101 Å². The minimum absolute atomic E-state index is 0.0735. The van der Waals surface area contributed by atoms with Crippen LogP contribution in [-0.2, 0) is 0 Å². The van der Waals surface area contributed by atoms with Crippen molar-refractivity contribution in [2.24, 2.45) is 0 Å². The van der Waals surface area contributed by atoms with Crippen molar-refractivity contribution in [1.82, 2.24) is 10.3 Å². The smallest absolute Gasteiger partial charge is 0.397 e. The molecule has 4 N–H and O–H groups in total. The number of alkyl halides is 3. The molecular weight excluding hydrogens is 251 g/mol.